The molecule has 1 amide bonds. The summed E-state index contributed by atoms with van der Waals surface area (Å²) in [5.74, 6) is -0.705. The molecule has 3 rings (SSSR count). The number of carbonyl (C=O) groups excluding carboxylic acids is 1. The van der Waals surface area contributed by atoms with E-state index in [-0.39, 0.29) is 15.9 Å². The van der Waals surface area contributed by atoms with Crippen molar-refractivity contribution < 1.29 is 9.90 Å². The Hall–Kier alpha value is -2.36. The number of anilines is 1. The van der Waals surface area contributed by atoms with Crippen molar-refractivity contribution in [1.29, 1.82) is 5.41 Å². The summed E-state index contributed by atoms with van der Waals surface area (Å²) >= 11 is 7.66. The van der Waals surface area contributed by atoms with Gasteiger partial charge in [-0.2, -0.15) is 0 Å². The number of thioether (sulfide) groups is 1. The zero-order valence-electron chi connectivity index (χ0n) is 13.9. The number of aryl methyl sites for hydroxylation is 1. The molecule has 0 unspecified atom stereocenters. The minimum Gasteiger partial charge on any atom is -0.494 e. The smallest absolute Gasteiger partial charge is 0.273 e. The maximum absolute atomic E-state index is 13.0. The fourth-order valence-corrected chi connectivity index (χ4v) is 4.96. The summed E-state index contributed by atoms with van der Waals surface area (Å²) in [6.45, 7) is 5.97. The van der Waals surface area contributed by atoms with E-state index in [1.54, 1.807) is 10.6 Å². The standard InChI is InChI=1S/C17H16N4O2S3/c1-3-8-20-13(18)11(14(19)22)25-16(20)12-15(23)21(17(24)26-12)10-6-4-9(2)5-7-10/h3-7,18,22H,1,8,19H2,2H3/b14-11+,16-12-,18-13?. The van der Waals surface area contributed by atoms with Gasteiger partial charge in [-0.15, -0.1) is 17.9 Å². The third-order valence-corrected chi connectivity index (χ3v) is 6.44. The van der Waals surface area contributed by atoms with Gasteiger partial charge < -0.3 is 15.4 Å². The van der Waals surface area contributed by atoms with Crippen molar-refractivity contribution in [2.45, 2.75) is 13.5 Å². The largest absolute Gasteiger partial charge is 0.494 e. The Labute approximate surface area is 163 Å². The van der Waals surface area contributed by atoms with Crippen LogP contribution in [0.1, 0.15) is 5.56 Å². The number of thiazole rings is 1. The number of amides is 1. The Bertz CT molecular complexity index is 1090. The highest BCUT2D eigenvalue weighted by Crippen LogP contribution is 2.35. The van der Waals surface area contributed by atoms with Gasteiger partial charge in [0.15, 0.2) is 4.32 Å². The second kappa shape index (κ2) is 7.10. The molecule has 6 nitrogen and oxygen atoms in total. The molecule has 1 saturated heterocycles. The van der Waals surface area contributed by atoms with Gasteiger partial charge in [0.2, 0.25) is 5.88 Å². The summed E-state index contributed by atoms with van der Waals surface area (Å²) in [6.07, 6.45) is 1.62. The lowest BCUT2D eigenvalue weighted by molar-refractivity contribution is -0.112. The fourth-order valence-electron chi connectivity index (χ4n) is 2.48. The predicted octanol–water partition coefficient (Wildman–Crippen LogP) is 1.28. The molecule has 1 aromatic carbocycles. The van der Waals surface area contributed by atoms with Crippen molar-refractivity contribution in [1.82, 2.24) is 4.57 Å². The summed E-state index contributed by atoms with van der Waals surface area (Å²) in [5, 5.41) is 17.8. The van der Waals surface area contributed by atoms with Gasteiger partial charge in [-0.3, -0.25) is 15.1 Å². The Morgan fingerprint density at radius 3 is 2.65 bits per heavy atom. The van der Waals surface area contributed by atoms with Gasteiger partial charge in [-0.1, -0.05) is 47.8 Å². The predicted molar refractivity (Wildman–Crippen MR) is 110 cm³/mol. The molecule has 1 aliphatic rings. The van der Waals surface area contributed by atoms with Crippen molar-refractivity contribution in [3.63, 3.8) is 0 Å². The van der Waals surface area contributed by atoms with Gasteiger partial charge in [0.1, 0.15) is 19.6 Å². The van der Waals surface area contributed by atoms with Crippen LogP contribution >= 0.6 is 35.3 Å². The number of nitrogens with zero attached hydrogens (tertiary/aromatic N) is 2. The lowest BCUT2D eigenvalue weighted by Crippen LogP contribution is -2.34. The molecule has 1 aliphatic heterocycles. The van der Waals surface area contributed by atoms with Crippen LogP contribution in [0.15, 0.2) is 36.9 Å². The molecule has 0 radical (unpaired) electrons. The number of carbonyl (C=O) groups is 1. The highest BCUT2D eigenvalue weighted by Gasteiger charge is 2.35. The number of nitrogens with one attached hydrogen (secondary N) is 1. The molecular formula is C17H16N4O2S3. The van der Waals surface area contributed by atoms with Crippen LogP contribution in [-0.2, 0) is 11.3 Å². The molecule has 26 heavy (non-hydrogen) atoms. The zero-order chi connectivity index (χ0) is 19.0. The lowest BCUT2D eigenvalue weighted by Gasteiger charge is -2.14. The Balaban J connectivity index is 2.23. The molecule has 0 atom stereocenters. The van der Waals surface area contributed by atoms with Crippen molar-refractivity contribution >= 4 is 62.0 Å². The number of hydrogen-bond acceptors (Lipinski definition) is 7. The minimum atomic E-state index is -0.446. The van der Waals surface area contributed by atoms with E-state index < -0.39 is 5.88 Å². The maximum atomic E-state index is 13.0. The molecule has 0 saturated carbocycles. The first-order chi connectivity index (χ1) is 12.3. The van der Waals surface area contributed by atoms with E-state index in [2.05, 4.69) is 6.58 Å². The molecule has 1 aromatic heterocycles. The Kier molecular flexibility index (Phi) is 5.03. The number of rotatable bonds is 3. The van der Waals surface area contributed by atoms with Crippen LogP contribution in [0.2, 0.25) is 0 Å². The molecule has 2 aromatic rings. The lowest BCUT2D eigenvalue weighted by atomic mass is 10.2. The maximum Gasteiger partial charge on any atom is 0.273 e. The van der Waals surface area contributed by atoms with E-state index in [1.807, 2.05) is 31.2 Å². The van der Waals surface area contributed by atoms with Crippen molar-refractivity contribution in [2.75, 3.05) is 4.90 Å². The van der Waals surface area contributed by atoms with Crippen LogP contribution in [0.5, 0.6) is 0 Å². The van der Waals surface area contributed by atoms with E-state index in [1.165, 1.54) is 16.7 Å². The summed E-state index contributed by atoms with van der Waals surface area (Å²) in [6, 6.07) is 7.52. The first-order valence-corrected chi connectivity index (χ1v) is 9.60. The molecule has 4 N–H and O–H groups in total. The number of aliphatic hydroxyl groups excluding tert-OH is 1. The molecule has 0 spiro atoms. The van der Waals surface area contributed by atoms with E-state index in [0.717, 1.165) is 16.9 Å². The number of hydrogen-bond donors (Lipinski definition) is 3. The average Bonchev–Trinajstić information content (AvgIpc) is 3.06. The van der Waals surface area contributed by atoms with Crippen LogP contribution in [-0.4, -0.2) is 19.9 Å². The fraction of sp³-hybridized carbons (Fsp3) is 0.118. The summed E-state index contributed by atoms with van der Waals surface area (Å²) in [7, 11) is 0. The summed E-state index contributed by atoms with van der Waals surface area (Å²) < 4.78 is 2.73. The number of allylic oxidation sites excluding steroid dienone is 1. The minimum absolute atomic E-state index is 0.0329. The third-order valence-electron chi connectivity index (χ3n) is 3.73. The van der Waals surface area contributed by atoms with Crippen LogP contribution in [0.25, 0.3) is 10.8 Å². The quantitative estimate of drug-likeness (QED) is 0.529. The number of aromatic nitrogens is 1. The van der Waals surface area contributed by atoms with Crippen LogP contribution < -0.4 is 25.3 Å². The third kappa shape index (κ3) is 3.09. The monoisotopic (exact) mass is 404 g/mol. The van der Waals surface area contributed by atoms with E-state index in [0.29, 0.717) is 26.1 Å². The average molecular weight is 405 g/mol. The van der Waals surface area contributed by atoms with Gasteiger partial charge in [0.25, 0.3) is 5.91 Å². The van der Waals surface area contributed by atoms with Crippen LogP contribution in [0, 0.1) is 12.3 Å². The summed E-state index contributed by atoms with van der Waals surface area (Å²) in [4.78, 5) is 14.9. The zero-order valence-corrected chi connectivity index (χ0v) is 16.3. The second-order valence-electron chi connectivity index (χ2n) is 5.54. The Morgan fingerprint density at radius 2 is 2.08 bits per heavy atom. The topological polar surface area (TPSA) is 95.3 Å². The normalized spacial score (nSPS) is 17.7. The molecule has 2 heterocycles. The first kappa shape index (κ1) is 18.4. The molecule has 134 valence electrons. The second-order valence-corrected chi connectivity index (χ2v) is 8.19. The SMILES string of the molecule is C=CCn1c(=N)/c(=C(/N)O)s/c1=C1\SC(=S)N(c2ccc(C)cc2)C1=O. The van der Waals surface area contributed by atoms with Crippen molar-refractivity contribution in [3.05, 3.63) is 57.2 Å². The molecule has 1 fully saturated rings. The van der Waals surface area contributed by atoms with Crippen LogP contribution in [0.3, 0.4) is 0 Å². The molecular weight excluding hydrogens is 388 g/mol. The van der Waals surface area contributed by atoms with E-state index in [4.69, 9.17) is 23.4 Å². The Morgan fingerprint density at radius 1 is 1.42 bits per heavy atom. The van der Waals surface area contributed by atoms with Gasteiger partial charge in [-0.05, 0) is 19.1 Å². The van der Waals surface area contributed by atoms with E-state index in [9.17, 15) is 9.90 Å². The number of thiocarbonyl (C=S) groups is 1. The molecule has 0 aliphatic carbocycles. The van der Waals surface area contributed by atoms with Crippen LogP contribution in [0.4, 0.5) is 5.69 Å². The van der Waals surface area contributed by atoms with Gasteiger partial charge >= 0.3 is 0 Å². The highest BCUT2D eigenvalue weighted by atomic mass is 32.2. The number of nitrogens with two attached hydrogens (primary N) is 1. The van der Waals surface area contributed by atoms with Gasteiger partial charge in [0, 0.05) is 6.54 Å². The van der Waals surface area contributed by atoms with Gasteiger partial charge in [0.05, 0.1) is 5.69 Å². The van der Waals surface area contributed by atoms with Crippen molar-refractivity contribution in [3.8, 4) is 0 Å². The molecule has 9 heteroatoms. The highest BCUT2D eigenvalue weighted by molar-refractivity contribution is 8.31. The first-order valence-electron chi connectivity index (χ1n) is 7.56. The summed E-state index contributed by atoms with van der Waals surface area (Å²) in [5.41, 5.74) is 7.29. The van der Waals surface area contributed by atoms with Crippen molar-refractivity contribution in [2.24, 2.45) is 5.73 Å². The number of aliphatic hydroxyl groups is 1. The van der Waals surface area contributed by atoms with Gasteiger partial charge in [-0.25, -0.2) is 0 Å². The van der Waals surface area contributed by atoms with E-state index >= 15 is 0 Å². The number of benzene rings is 1. The molecule has 0 bridgehead atoms.